The number of nitrogens with zero attached hydrogens (tertiary/aromatic N) is 3. The van der Waals surface area contributed by atoms with Crippen LogP contribution in [-0.4, -0.2) is 58.8 Å². The van der Waals surface area contributed by atoms with Gasteiger partial charge in [-0.3, -0.25) is 9.89 Å². The second kappa shape index (κ2) is 8.56. The van der Waals surface area contributed by atoms with Crippen molar-refractivity contribution in [2.75, 3.05) is 32.1 Å². The number of H-pyrrole nitrogens is 1. The van der Waals surface area contributed by atoms with E-state index in [0.717, 1.165) is 6.07 Å². The number of alkyl halides is 3. The maximum atomic E-state index is 13.8. The van der Waals surface area contributed by atoms with Gasteiger partial charge in [0.1, 0.15) is 0 Å². The van der Waals surface area contributed by atoms with Crippen LogP contribution in [0.4, 0.5) is 19.0 Å². The standard InChI is InChI=1S/C19H26F3N5O2/c1-11(2)23-17-16-13(19(20,21)22)10-14(24-18(16)26-25-17)12-4-7-27(8-5-12)15(28)6-9-29-3/h10-12H,4-9H2,1-3H3,(H2,23,24,25,26). The number of rotatable bonds is 6. The highest BCUT2D eigenvalue weighted by Crippen LogP contribution is 2.39. The zero-order valence-electron chi connectivity index (χ0n) is 16.8. The van der Waals surface area contributed by atoms with Crippen molar-refractivity contribution in [2.45, 2.75) is 51.2 Å². The lowest BCUT2D eigenvalue weighted by atomic mass is 9.91. The van der Waals surface area contributed by atoms with Gasteiger partial charge in [-0.05, 0) is 32.8 Å². The average molecular weight is 413 g/mol. The number of aromatic nitrogens is 3. The third-order valence-corrected chi connectivity index (χ3v) is 5.07. The molecule has 0 unspecified atom stereocenters. The minimum Gasteiger partial charge on any atom is -0.384 e. The number of aromatic amines is 1. The molecule has 0 saturated carbocycles. The molecule has 1 aliphatic heterocycles. The quantitative estimate of drug-likeness (QED) is 0.757. The van der Waals surface area contributed by atoms with Crippen molar-refractivity contribution in [1.82, 2.24) is 20.1 Å². The van der Waals surface area contributed by atoms with E-state index in [1.54, 1.807) is 4.90 Å². The number of likely N-dealkylation sites (tertiary alicyclic amines) is 1. The summed E-state index contributed by atoms with van der Waals surface area (Å²) >= 11 is 0. The van der Waals surface area contributed by atoms with E-state index in [9.17, 15) is 18.0 Å². The fourth-order valence-electron chi connectivity index (χ4n) is 3.63. The Balaban J connectivity index is 1.85. The summed E-state index contributed by atoms with van der Waals surface area (Å²) < 4.78 is 46.3. The summed E-state index contributed by atoms with van der Waals surface area (Å²) in [6.07, 6.45) is -3.08. The van der Waals surface area contributed by atoms with E-state index in [-0.39, 0.29) is 34.7 Å². The van der Waals surface area contributed by atoms with Crippen LogP contribution in [0.25, 0.3) is 11.0 Å². The molecule has 1 amide bonds. The second-order valence-electron chi connectivity index (χ2n) is 7.59. The summed E-state index contributed by atoms with van der Waals surface area (Å²) in [6.45, 7) is 5.02. The summed E-state index contributed by atoms with van der Waals surface area (Å²) in [4.78, 5) is 18.3. The van der Waals surface area contributed by atoms with Crippen LogP contribution in [0.15, 0.2) is 6.07 Å². The zero-order valence-corrected chi connectivity index (χ0v) is 16.8. The van der Waals surface area contributed by atoms with E-state index < -0.39 is 11.7 Å². The Kier molecular flexibility index (Phi) is 6.30. The highest BCUT2D eigenvalue weighted by molar-refractivity contribution is 5.91. The zero-order chi connectivity index (χ0) is 21.2. The van der Waals surface area contributed by atoms with Crippen LogP contribution in [0, 0.1) is 0 Å². The van der Waals surface area contributed by atoms with Gasteiger partial charge in [0.05, 0.1) is 24.0 Å². The molecule has 7 nitrogen and oxygen atoms in total. The molecule has 2 N–H and O–H groups in total. The molecule has 2 aromatic heterocycles. The van der Waals surface area contributed by atoms with Crippen molar-refractivity contribution >= 4 is 22.8 Å². The first-order valence-electron chi connectivity index (χ1n) is 9.70. The van der Waals surface area contributed by atoms with Gasteiger partial charge in [-0.2, -0.15) is 18.3 Å². The highest BCUT2D eigenvalue weighted by atomic mass is 19.4. The Hall–Kier alpha value is -2.36. The predicted molar refractivity (Wildman–Crippen MR) is 103 cm³/mol. The van der Waals surface area contributed by atoms with Crippen LogP contribution in [0.2, 0.25) is 0 Å². The molecule has 1 aliphatic rings. The number of anilines is 1. The van der Waals surface area contributed by atoms with E-state index in [1.165, 1.54) is 7.11 Å². The van der Waals surface area contributed by atoms with Gasteiger partial charge in [0, 0.05) is 37.9 Å². The van der Waals surface area contributed by atoms with Gasteiger partial charge in [0.25, 0.3) is 0 Å². The number of piperidine rings is 1. The molecule has 0 spiro atoms. The molecular weight excluding hydrogens is 387 g/mol. The molecule has 2 aromatic rings. The number of methoxy groups -OCH3 is 1. The van der Waals surface area contributed by atoms with Gasteiger partial charge in [0.15, 0.2) is 11.5 Å². The molecule has 1 saturated heterocycles. The van der Waals surface area contributed by atoms with E-state index in [4.69, 9.17) is 4.74 Å². The van der Waals surface area contributed by atoms with Crippen LogP contribution in [0.3, 0.4) is 0 Å². The fraction of sp³-hybridized carbons (Fsp3) is 0.632. The van der Waals surface area contributed by atoms with Crippen molar-refractivity contribution in [2.24, 2.45) is 0 Å². The van der Waals surface area contributed by atoms with Gasteiger partial charge >= 0.3 is 6.18 Å². The number of pyridine rings is 1. The predicted octanol–water partition coefficient (Wildman–Crippen LogP) is 3.54. The summed E-state index contributed by atoms with van der Waals surface area (Å²) in [5.74, 6) is 0.0133. The van der Waals surface area contributed by atoms with Crippen LogP contribution in [0.1, 0.15) is 50.3 Å². The van der Waals surface area contributed by atoms with Crippen molar-refractivity contribution in [1.29, 1.82) is 0 Å². The Morgan fingerprint density at radius 2 is 2.07 bits per heavy atom. The number of carbonyl (C=O) groups excluding carboxylic acids is 1. The third kappa shape index (κ3) is 4.80. The summed E-state index contributed by atoms with van der Waals surface area (Å²) in [5, 5.41) is 9.53. The highest BCUT2D eigenvalue weighted by Gasteiger charge is 2.37. The molecule has 160 valence electrons. The maximum Gasteiger partial charge on any atom is 0.417 e. The summed E-state index contributed by atoms with van der Waals surface area (Å²) in [5.41, 5.74) is -0.238. The minimum absolute atomic E-state index is 0.00246. The Bertz CT molecular complexity index is 857. The van der Waals surface area contributed by atoms with Crippen LogP contribution in [-0.2, 0) is 15.7 Å². The number of fused-ring (bicyclic) bond motifs is 1. The molecule has 3 rings (SSSR count). The topological polar surface area (TPSA) is 83.1 Å². The molecular formula is C19H26F3N5O2. The molecule has 10 heteroatoms. The van der Waals surface area contributed by atoms with Crippen molar-refractivity contribution in [3.63, 3.8) is 0 Å². The smallest absolute Gasteiger partial charge is 0.384 e. The maximum absolute atomic E-state index is 13.8. The second-order valence-corrected chi connectivity index (χ2v) is 7.59. The number of carbonyl (C=O) groups is 1. The molecule has 0 radical (unpaired) electrons. The summed E-state index contributed by atoms with van der Waals surface area (Å²) in [7, 11) is 1.54. The van der Waals surface area contributed by atoms with Gasteiger partial charge in [-0.1, -0.05) is 0 Å². The lowest BCUT2D eigenvalue weighted by Crippen LogP contribution is -2.38. The largest absolute Gasteiger partial charge is 0.417 e. The number of hydrogen-bond acceptors (Lipinski definition) is 5. The van der Waals surface area contributed by atoms with E-state index in [0.29, 0.717) is 44.7 Å². The Morgan fingerprint density at radius 1 is 1.38 bits per heavy atom. The van der Waals surface area contributed by atoms with Crippen molar-refractivity contribution in [3.05, 3.63) is 17.3 Å². The van der Waals surface area contributed by atoms with Gasteiger partial charge in [-0.25, -0.2) is 4.98 Å². The van der Waals surface area contributed by atoms with Crippen LogP contribution < -0.4 is 5.32 Å². The Morgan fingerprint density at radius 3 is 2.66 bits per heavy atom. The molecule has 0 atom stereocenters. The fourth-order valence-corrected chi connectivity index (χ4v) is 3.63. The SMILES string of the molecule is COCCC(=O)N1CCC(c2cc(C(F)(F)F)c3c(NC(C)C)n[nH]c3n2)CC1. The van der Waals surface area contributed by atoms with Gasteiger partial charge < -0.3 is 15.0 Å². The van der Waals surface area contributed by atoms with Crippen LogP contribution >= 0.6 is 0 Å². The number of ether oxygens (including phenoxy) is 1. The number of nitrogens with one attached hydrogen (secondary N) is 2. The van der Waals surface area contributed by atoms with Crippen LogP contribution in [0.5, 0.6) is 0 Å². The van der Waals surface area contributed by atoms with Gasteiger partial charge in [0.2, 0.25) is 5.91 Å². The lowest BCUT2D eigenvalue weighted by Gasteiger charge is -2.32. The van der Waals surface area contributed by atoms with E-state index in [2.05, 4.69) is 20.5 Å². The van der Waals surface area contributed by atoms with Crippen molar-refractivity contribution in [3.8, 4) is 0 Å². The first-order valence-corrected chi connectivity index (χ1v) is 9.70. The third-order valence-electron chi connectivity index (χ3n) is 5.07. The molecule has 29 heavy (non-hydrogen) atoms. The van der Waals surface area contributed by atoms with E-state index in [1.807, 2.05) is 13.8 Å². The van der Waals surface area contributed by atoms with E-state index >= 15 is 0 Å². The average Bonchev–Trinajstić information content (AvgIpc) is 3.06. The summed E-state index contributed by atoms with van der Waals surface area (Å²) in [6, 6.07) is 1.07. The first-order chi connectivity index (χ1) is 13.7. The normalized spacial score (nSPS) is 16.0. The molecule has 0 bridgehead atoms. The minimum atomic E-state index is -4.52. The van der Waals surface area contributed by atoms with Crippen molar-refractivity contribution < 1.29 is 22.7 Å². The Labute approximate surface area is 167 Å². The number of amides is 1. The lowest BCUT2D eigenvalue weighted by molar-refractivity contribution is -0.136. The van der Waals surface area contributed by atoms with Gasteiger partial charge in [-0.15, -0.1) is 0 Å². The number of hydrogen-bond donors (Lipinski definition) is 2. The molecule has 1 fully saturated rings. The first kappa shape index (κ1) is 21.4. The molecule has 0 aliphatic carbocycles. The molecule has 3 heterocycles. The monoisotopic (exact) mass is 413 g/mol. The molecule has 0 aromatic carbocycles. The number of halogens is 3.